The van der Waals surface area contributed by atoms with Crippen LogP contribution in [0.15, 0.2) is 89.8 Å². The molecule has 1 heterocycles. The molecule has 0 saturated heterocycles. The molecule has 0 aliphatic carbocycles. The predicted octanol–water partition coefficient (Wildman–Crippen LogP) is 4.86. The maximum Gasteiger partial charge on any atom is 0.440 e. The highest BCUT2D eigenvalue weighted by Gasteiger charge is 2.10. The first-order chi connectivity index (χ1) is 15.5. The van der Waals surface area contributed by atoms with Gasteiger partial charge in [0.25, 0.3) is 0 Å². The van der Waals surface area contributed by atoms with Crippen molar-refractivity contribution in [1.29, 1.82) is 0 Å². The fourth-order valence-corrected chi connectivity index (χ4v) is 3.82. The number of aromatic nitrogens is 2. The molecule has 4 rings (SSSR count). The summed E-state index contributed by atoms with van der Waals surface area (Å²) in [5.41, 5.74) is 2.04. The van der Waals surface area contributed by atoms with Crippen molar-refractivity contribution in [3.05, 3.63) is 113 Å². The van der Waals surface area contributed by atoms with Crippen LogP contribution in [0, 0.1) is 0 Å². The van der Waals surface area contributed by atoms with E-state index in [4.69, 9.17) is 14.0 Å². The predicted molar refractivity (Wildman–Crippen MR) is 126 cm³/mol. The topological polar surface area (TPSA) is 86.5 Å². The van der Waals surface area contributed by atoms with Crippen molar-refractivity contribution in [2.45, 2.75) is 19.8 Å². The van der Waals surface area contributed by atoms with Gasteiger partial charge < -0.3 is 14.0 Å². The lowest BCUT2D eigenvalue weighted by molar-refractivity contribution is 0.256. The number of H-pyrrole nitrogens is 1. The van der Waals surface area contributed by atoms with E-state index in [1.54, 1.807) is 18.2 Å². The second kappa shape index (κ2) is 10.1. The molecule has 32 heavy (non-hydrogen) atoms. The minimum Gasteiger partial charge on any atom is -0.489 e. The monoisotopic (exact) mass is 560 g/mol. The Hall–Kier alpha value is -3.04. The minimum atomic E-state index is -0.804. The van der Waals surface area contributed by atoms with Gasteiger partial charge in [-0.1, -0.05) is 68.3 Å². The summed E-state index contributed by atoms with van der Waals surface area (Å²) in [4.78, 5) is 25.2. The molecule has 4 aromatic rings. The second-order valence-electron chi connectivity index (χ2n) is 6.92. The molecular formula is C23H18Br2N2O5. The van der Waals surface area contributed by atoms with Crippen LogP contribution >= 0.6 is 31.9 Å². The molecule has 7 nitrogen and oxygen atoms in total. The van der Waals surface area contributed by atoms with E-state index < -0.39 is 11.4 Å². The van der Waals surface area contributed by atoms with E-state index in [9.17, 15) is 9.59 Å². The van der Waals surface area contributed by atoms with Crippen LogP contribution in [-0.2, 0) is 19.8 Å². The summed E-state index contributed by atoms with van der Waals surface area (Å²) in [7, 11) is 0. The second-order valence-corrected chi connectivity index (χ2v) is 8.63. The number of hydrogen-bond acceptors (Lipinski definition) is 5. The number of rotatable bonds is 8. The molecule has 0 bridgehead atoms. The minimum absolute atomic E-state index is 0.0508. The Morgan fingerprint density at radius 1 is 0.812 bits per heavy atom. The summed E-state index contributed by atoms with van der Waals surface area (Å²) in [5.74, 6) is 0.319. The van der Waals surface area contributed by atoms with E-state index in [1.807, 2.05) is 48.5 Å². The van der Waals surface area contributed by atoms with E-state index in [2.05, 4.69) is 36.8 Å². The average Bonchev–Trinajstić information content (AvgIpc) is 3.09. The van der Waals surface area contributed by atoms with Crippen LogP contribution in [0.4, 0.5) is 0 Å². The van der Waals surface area contributed by atoms with E-state index in [0.717, 1.165) is 24.8 Å². The highest BCUT2D eigenvalue weighted by molar-refractivity contribution is 9.10. The van der Waals surface area contributed by atoms with Crippen molar-refractivity contribution < 1.29 is 14.0 Å². The Bertz CT molecular complexity index is 1270. The molecule has 0 atom stereocenters. The summed E-state index contributed by atoms with van der Waals surface area (Å²) in [5, 5.41) is 0. The molecule has 0 amide bonds. The Morgan fingerprint density at radius 2 is 1.34 bits per heavy atom. The van der Waals surface area contributed by atoms with Gasteiger partial charge in [0, 0.05) is 26.1 Å². The molecule has 0 aliphatic heterocycles. The Labute approximate surface area is 199 Å². The first-order valence-corrected chi connectivity index (χ1v) is 11.2. The number of nitrogens with one attached hydrogen (secondary N) is 1. The van der Waals surface area contributed by atoms with Crippen LogP contribution in [-0.4, -0.2) is 9.72 Å². The lowest BCUT2D eigenvalue weighted by Gasteiger charge is -2.13. The fraction of sp³-hybridized carbons (Fsp3) is 0.130. The van der Waals surface area contributed by atoms with Gasteiger partial charge in [0.05, 0.1) is 6.54 Å². The molecule has 0 unspecified atom stereocenters. The van der Waals surface area contributed by atoms with Crippen LogP contribution in [0.5, 0.6) is 11.5 Å². The van der Waals surface area contributed by atoms with Crippen LogP contribution in [0.3, 0.4) is 0 Å². The van der Waals surface area contributed by atoms with Crippen LogP contribution in [0.25, 0.3) is 0 Å². The van der Waals surface area contributed by atoms with Gasteiger partial charge in [-0.05, 0) is 29.8 Å². The molecule has 164 valence electrons. The molecule has 0 radical (unpaired) electrons. The molecular weight excluding hydrogens is 544 g/mol. The van der Waals surface area contributed by atoms with Gasteiger partial charge in [0.1, 0.15) is 24.7 Å². The highest BCUT2D eigenvalue weighted by atomic mass is 79.9. The first kappa shape index (κ1) is 22.2. The third-order valence-corrected chi connectivity index (χ3v) is 6.15. The summed E-state index contributed by atoms with van der Waals surface area (Å²) < 4.78 is 19.7. The van der Waals surface area contributed by atoms with Crippen molar-refractivity contribution in [3.8, 4) is 11.5 Å². The van der Waals surface area contributed by atoms with Crippen molar-refractivity contribution in [1.82, 2.24) is 9.72 Å². The maximum absolute atomic E-state index is 11.9. The number of nitrogens with zero attached hydrogens (tertiary/aromatic N) is 1. The summed E-state index contributed by atoms with van der Waals surface area (Å²) >= 11 is 7.04. The number of ether oxygens (including phenoxy) is 2. The van der Waals surface area contributed by atoms with Gasteiger partial charge in [0.15, 0.2) is 0 Å². The first-order valence-electron chi connectivity index (χ1n) is 9.65. The largest absolute Gasteiger partial charge is 0.489 e. The highest BCUT2D eigenvalue weighted by Crippen LogP contribution is 2.27. The standard InChI is InChI=1S/C23H18Br2N2O5/c24-20-7-3-1-5-16(20)13-30-18-9-15(12-27-22(28)26-23(29)32-27)10-19(11-18)31-14-17-6-2-4-8-21(17)25/h1-11H,12-14H2,(H,26,28,29). The van der Waals surface area contributed by atoms with E-state index in [0.29, 0.717) is 30.3 Å². The summed E-state index contributed by atoms with van der Waals surface area (Å²) in [6.45, 7) is 0.733. The van der Waals surface area contributed by atoms with Gasteiger partial charge in [-0.15, -0.1) is 4.74 Å². The quantitative estimate of drug-likeness (QED) is 0.332. The molecule has 9 heteroatoms. The molecule has 0 spiro atoms. The van der Waals surface area contributed by atoms with Gasteiger partial charge in [-0.3, -0.25) is 0 Å². The fourth-order valence-electron chi connectivity index (χ4n) is 3.03. The number of aromatic amines is 1. The lowest BCUT2D eigenvalue weighted by atomic mass is 10.2. The van der Waals surface area contributed by atoms with Gasteiger partial charge in [-0.25, -0.2) is 14.6 Å². The maximum atomic E-state index is 11.9. The van der Waals surface area contributed by atoms with Crippen molar-refractivity contribution in [3.63, 3.8) is 0 Å². The number of benzene rings is 3. The Morgan fingerprint density at radius 3 is 1.81 bits per heavy atom. The normalized spacial score (nSPS) is 10.8. The van der Waals surface area contributed by atoms with Gasteiger partial charge in [0.2, 0.25) is 0 Å². The molecule has 0 aliphatic rings. The number of halogens is 2. The van der Waals surface area contributed by atoms with E-state index in [1.165, 1.54) is 0 Å². The lowest BCUT2D eigenvalue weighted by Crippen LogP contribution is -2.17. The SMILES string of the molecule is O=c1[nH]c(=O)n(Cc2cc(OCc3ccccc3Br)cc(OCc3ccccc3Br)c2)o1. The zero-order chi connectivity index (χ0) is 22.5. The molecule has 1 aromatic heterocycles. The van der Waals surface area contributed by atoms with Crippen molar-refractivity contribution >= 4 is 31.9 Å². The number of hydrogen-bond donors (Lipinski definition) is 1. The molecule has 0 saturated carbocycles. The van der Waals surface area contributed by atoms with E-state index in [-0.39, 0.29) is 6.54 Å². The molecule has 0 fully saturated rings. The van der Waals surface area contributed by atoms with Crippen LogP contribution < -0.4 is 20.9 Å². The average molecular weight is 562 g/mol. The van der Waals surface area contributed by atoms with Crippen LogP contribution in [0.2, 0.25) is 0 Å². The smallest absolute Gasteiger partial charge is 0.440 e. The van der Waals surface area contributed by atoms with Gasteiger partial charge in [-0.2, -0.15) is 0 Å². The van der Waals surface area contributed by atoms with Gasteiger partial charge >= 0.3 is 11.4 Å². The van der Waals surface area contributed by atoms with Crippen molar-refractivity contribution in [2.24, 2.45) is 0 Å². The Kier molecular flexibility index (Phi) is 6.96. The Balaban J connectivity index is 1.59. The zero-order valence-electron chi connectivity index (χ0n) is 16.7. The summed E-state index contributed by atoms with van der Waals surface area (Å²) in [6, 6.07) is 20.9. The summed E-state index contributed by atoms with van der Waals surface area (Å²) in [6.07, 6.45) is 0. The molecule has 1 N–H and O–H groups in total. The third-order valence-electron chi connectivity index (χ3n) is 4.60. The van der Waals surface area contributed by atoms with E-state index >= 15 is 0 Å². The third kappa shape index (κ3) is 5.60. The van der Waals surface area contributed by atoms with Crippen LogP contribution in [0.1, 0.15) is 16.7 Å². The zero-order valence-corrected chi connectivity index (χ0v) is 19.9. The van der Waals surface area contributed by atoms with Crippen molar-refractivity contribution in [2.75, 3.05) is 0 Å². The molecule has 3 aromatic carbocycles.